The van der Waals surface area contributed by atoms with Crippen LogP contribution in [0.5, 0.6) is 0 Å². The molecule has 1 aromatic rings. The molecule has 5 heteroatoms. The van der Waals surface area contributed by atoms with Crippen LogP contribution in [0.1, 0.15) is 11.8 Å². The van der Waals surface area contributed by atoms with Crippen molar-refractivity contribution in [1.82, 2.24) is 9.97 Å². The number of imidazole rings is 1. The van der Waals surface area contributed by atoms with E-state index in [4.69, 9.17) is 10.8 Å². The highest BCUT2D eigenvalue weighted by Crippen LogP contribution is 2.03. The Bertz CT molecular complexity index is 165. The Morgan fingerprint density at radius 2 is 2.50 bits per heavy atom. The molecule has 0 aliphatic rings. The Hall–Kier alpha value is -0.580. The molecule has 1 unspecified atom stereocenters. The van der Waals surface area contributed by atoms with E-state index in [1.54, 1.807) is 6.20 Å². The van der Waals surface area contributed by atoms with E-state index in [1.807, 2.05) is 0 Å². The lowest BCUT2D eigenvalue weighted by Crippen LogP contribution is -2.11. The summed E-state index contributed by atoms with van der Waals surface area (Å²) < 4.78 is 0. The third kappa shape index (κ3) is 1.98. The molecule has 0 saturated heterocycles. The van der Waals surface area contributed by atoms with E-state index in [9.17, 15) is 0 Å². The van der Waals surface area contributed by atoms with Crippen LogP contribution in [0.4, 0.5) is 0 Å². The predicted octanol–water partition coefficient (Wildman–Crippen LogP) is -0.176. The SMILES string of the molecule is Cl.NCC(O)c1cnc[nH]1. The molecule has 1 aromatic heterocycles. The summed E-state index contributed by atoms with van der Waals surface area (Å²) in [5.41, 5.74) is 5.83. The molecule has 58 valence electrons. The fourth-order valence-corrected chi connectivity index (χ4v) is 0.576. The lowest BCUT2D eigenvalue weighted by Gasteiger charge is -2.01. The first-order chi connectivity index (χ1) is 4.34. The van der Waals surface area contributed by atoms with Crippen LogP contribution >= 0.6 is 12.4 Å². The molecule has 10 heavy (non-hydrogen) atoms. The van der Waals surface area contributed by atoms with Crippen LogP contribution in [0.25, 0.3) is 0 Å². The normalized spacial score (nSPS) is 12.2. The van der Waals surface area contributed by atoms with Gasteiger partial charge in [-0.2, -0.15) is 0 Å². The van der Waals surface area contributed by atoms with Crippen molar-refractivity contribution < 1.29 is 5.11 Å². The van der Waals surface area contributed by atoms with E-state index in [0.717, 1.165) is 0 Å². The first-order valence-electron chi connectivity index (χ1n) is 2.71. The van der Waals surface area contributed by atoms with Crippen LogP contribution in [-0.4, -0.2) is 21.6 Å². The fourth-order valence-electron chi connectivity index (χ4n) is 0.576. The van der Waals surface area contributed by atoms with Gasteiger partial charge in [-0.05, 0) is 0 Å². The molecule has 0 amide bonds. The van der Waals surface area contributed by atoms with Crippen molar-refractivity contribution in [3.63, 3.8) is 0 Å². The van der Waals surface area contributed by atoms with Crippen molar-refractivity contribution in [3.8, 4) is 0 Å². The van der Waals surface area contributed by atoms with Crippen LogP contribution in [0.15, 0.2) is 12.5 Å². The second kappa shape index (κ2) is 4.27. The number of H-pyrrole nitrogens is 1. The number of nitrogens with two attached hydrogens (primary N) is 1. The molecular formula is C5H10ClN3O. The molecule has 1 heterocycles. The third-order valence-corrected chi connectivity index (χ3v) is 1.10. The number of rotatable bonds is 2. The van der Waals surface area contributed by atoms with E-state index in [-0.39, 0.29) is 19.0 Å². The van der Waals surface area contributed by atoms with E-state index in [1.165, 1.54) is 6.33 Å². The Kier molecular flexibility index (Phi) is 4.02. The molecule has 0 radical (unpaired) electrons. The minimum absolute atomic E-state index is 0. The summed E-state index contributed by atoms with van der Waals surface area (Å²) in [7, 11) is 0. The minimum atomic E-state index is -0.604. The zero-order chi connectivity index (χ0) is 6.69. The molecule has 1 rings (SSSR count). The largest absolute Gasteiger partial charge is 0.386 e. The number of aliphatic hydroxyl groups is 1. The van der Waals surface area contributed by atoms with Crippen molar-refractivity contribution in [3.05, 3.63) is 18.2 Å². The Balaban J connectivity index is 0.000000810. The summed E-state index contributed by atoms with van der Waals surface area (Å²) in [6.07, 6.45) is 2.46. The number of aliphatic hydroxyl groups excluding tert-OH is 1. The van der Waals surface area contributed by atoms with Gasteiger partial charge in [0.2, 0.25) is 0 Å². The van der Waals surface area contributed by atoms with Crippen molar-refractivity contribution in [2.75, 3.05) is 6.54 Å². The molecule has 4 nitrogen and oxygen atoms in total. The molecule has 0 spiro atoms. The molecule has 0 saturated carbocycles. The zero-order valence-electron chi connectivity index (χ0n) is 5.32. The Morgan fingerprint density at radius 3 is 2.90 bits per heavy atom. The molecule has 0 fully saturated rings. The topological polar surface area (TPSA) is 74.9 Å². The standard InChI is InChI=1S/C5H9N3O.ClH/c6-1-5(9)4-2-7-3-8-4;/h2-3,5,9H,1,6H2,(H,7,8);1H. The van der Waals surface area contributed by atoms with Crippen molar-refractivity contribution >= 4 is 12.4 Å². The lowest BCUT2D eigenvalue weighted by atomic mass is 10.3. The van der Waals surface area contributed by atoms with Gasteiger partial charge in [-0.25, -0.2) is 4.98 Å². The monoisotopic (exact) mass is 163 g/mol. The minimum Gasteiger partial charge on any atom is -0.386 e. The average Bonchev–Trinajstić information content (AvgIpc) is 2.37. The van der Waals surface area contributed by atoms with Gasteiger partial charge in [0.15, 0.2) is 0 Å². The average molecular weight is 164 g/mol. The summed E-state index contributed by atoms with van der Waals surface area (Å²) in [5, 5.41) is 9.02. The third-order valence-electron chi connectivity index (χ3n) is 1.10. The quantitative estimate of drug-likeness (QED) is 0.567. The molecular weight excluding hydrogens is 154 g/mol. The maximum atomic E-state index is 9.02. The zero-order valence-corrected chi connectivity index (χ0v) is 6.14. The molecule has 1 atom stereocenters. The lowest BCUT2D eigenvalue weighted by molar-refractivity contribution is 0.182. The smallest absolute Gasteiger partial charge is 0.107 e. The van der Waals surface area contributed by atoms with Gasteiger partial charge in [-0.1, -0.05) is 0 Å². The Labute approximate surface area is 64.9 Å². The van der Waals surface area contributed by atoms with Gasteiger partial charge in [-0.15, -0.1) is 12.4 Å². The van der Waals surface area contributed by atoms with Gasteiger partial charge in [0.25, 0.3) is 0 Å². The number of aromatic amines is 1. The molecule has 0 aromatic carbocycles. The molecule has 0 bridgehead atoms. The highest BCUT2D eigenvalue weighted by molar-refractivity contribution is 5.85. The van der Waals surface area contributed by atoms with Crippen LogP contribution in [0, 0.1) is 0 Å². The number of nitrogens with one attached hydrogen (secondary N) is 1. The molecule has 0 aliphatic heterocycles. The molecule has 4 N–H and O–H groups in total. The van der Waals surface area contributed by atoms with Crippen LogP contribution < -0.4 is 5.73 Å². The number of aromatic nitrogens is 2. The van der Waals surface area contributed by atoms with Crippen molar-refractivity contribution in [2.45, 2.75) is 6.10 Å². The Morgan fingerprint density at radius 1 is 1.80 bits per heavy atom. The maximum absolute atomic E-state index is 9.02. The van der Waals surface area contributed by atoms with Gasteiger partial charge in [0.05, 0.1) is 18.2 Å². The highest BCUT2D eigenvalue weighted by atomic mass is 35.5. The van der Waals surface area contributed by atoms with Gasteiger partial charge in [0.1, 0.15) is 6.10 Å². The maximum Gasteiger partial charge on any atom is 0.107 e. The number of hydrogen-bond acceptors (Lipinski definition) is 3. The van der Waals surface area contributed by atoms with Gasteiger partial charge in [0, 0.05) is 6.54 Å². The highest BCUT2D eigenvalue weighted by Gasteiger charge is 2.03. The van der Waals surface area contributed by atoms with E-state index < -0.39 is 6.10 Å². The van der Waals surface area contributed by atoms with Gasteiger partial charge >= 0.3 is 0 Å². The van der Waals surface area contributed by atoms with Crippen molar-refractivity contribution in [2.24, 2.45) is 5.73 Å². The fraction of sp³-hybridized carbons (Fsp3) is 0.400. The summed E-state index contributed by atoms with van der Waals surface area (Å²) in [5.74, 6) is 0. The van der Waals surface area contributed by atoms with Crippen LogP contribution in [-0.2, 0) is 0 Å². The van der Waals surface area contributed by atoms with Crippen LogP contribution in [0.3, 0.4) is 0 Å². The van der Waals surface area contributed by atoms with E-state index in [0.29, 0.717) is 5.69 Å². The number of halogens is 1. The number of nitrogens with zero attached hydrogens (tertiary/aromatic N) is 1. The second-order valence-electron chi connectivity index (χ2n) is 1.76. The van der Waals surface area contributed by atoms with Gasteiger partial charge < -0.3 is 15.8 Å². The number of hydrogen-bond donors (Lipinski definition) is 3. The second-order valence-corrected chi connectivity index (χ2v) is 1.76. The van der Waals surface area contributed by atoms with Crippen LogP contribution in [0.2, 0.25) is 0 Å². The summed E-state index contributed by atoms with van der Waals surface area (Å²) in [4.78, 5) is 6.47. The first-order valence-corrected chi connectivity index (χ1v) is 2.71. The van der Waals surface area contributed by atoms with Crippen molar-refractivity contribution in [1.29, 1.82) is 0 Å². The summed E-state index contributed by atoms with van der Waals surface area (Å²) in [6, 6.07) is 0. The first kappa shape index (κ1) is 9.42. The predicted molar refractivity (Wildman–Crippen MR) is 39.8 cm³/mol. The summed E-state index contributed by atoms with van der Waals surface area (Å²) >= 11 is 0. The van der Waals surface area contributed by atoms with E-state index in [2.05, 4.69) is 9.97 Å². The summed E-state index contributed by atoms with van der Waals surface area (Å²) in [6.45, 7) is 0.224. The molecule has 0 aliphatic carbocycles. The van der Waals surface area contributed by atoms with Gasteiger partial charge in [-0.3, -0.25) is 0 Å². The van der Waals surface area contributed by atoms with E-state index >= 15 is 0 Å².